The van der Waals surface area contributed by atoms with E-state index in [1.54, 1.807) is 7.11 Å². The van der Waals surface area contributed by atoms with Crippen molar-refractivity contribution in [2.45, 2.75) is 13.0 Å². The third-order valence-electron chi connectivity index (χ3n) is 4.30. The van der Waals surface area contributed by atoms with Crippen molar-refractivity contribution in [2.75, 3.05) is 66.1 Å². The number of methoxy groups -OCH3 is 1. The fraction of sp³-hybridized carbons (Fsp3) is 0.667. The molecule has 0 bridgehead atoms. The Hall–Kier alpha value is -1.86. The Morgan fingerprint density at radius 1 is 1.44 bits per heavy atom. The summed E-state index contributed by atoms with van der Waals surface area (Å²) in [6, 6.07) is 4.13. The number of ether oxygens (including phenoxy) is 2. The highest BCUT2D eigenvalue weighted by Gasteiger charge is 2.24. The molecule has 0 radical (unpaired) electrons. The highest BCUT2D eigenvalue weighted by atomic mass is 16.5. The predicted molar refractivity (Wildman–Crippen MR) is 101 cm³/mol. The van der Waals surface area contributed by atoms with Crippen molar-refractivity contribution in [2.24, 2.45) is 10.9 Å². The Morgan fingerprint density at radius 3 is 3.00 bits per heavy atom. The van der Waals surface area contributed by atoms with Crippen LogP contribution in [0.15, 0.2) is 23.3 Å². The molecular formula is C18H31N5O2. The number of guanidine groups is 1. The van der Waals surface area contributed by atoms with Crippen molar-refractivity contribution in [3.63, 3.8) is 0 Å². The van der Waals surface area contributed by atoms with Crippen LogP contribution in [0.4, 0.5) is 5.82 Å². The smallest absolute Gasteiger partial charge is 0.193 e. The van der Waals surface area contributed by atoms with Gasteiger partial charge in [0.15, 0.2) is 5.96 Å². The summed E-state index contributed by atoms with van der Waals surface area (Å²) in [5, 5.41) is 3.46. The maximum Gasteiger partial charge on any atom is 0.193 e. The molecule has 1 fully saturated rings. The van der Waals surface area contributed by atoms with E-state index in [2.05, 4.69) is 26.3 Å². The van der Waals surface area contributed by atoms with E-state index < -0.39 is 0 Å². The van der Waals surface area contributed by atoms with Crippen LogP contribution in [-0.4, -0.2) is 77.0 Å². The summed E-state index contributed by atoms with van der Waals surface area (Å²) < 4.78 is 10.7. The minimum absolute atomic E-state index is 0.552. The molecule has 0 saturated carbocycles. The first-order valence-corrected chi connectivity index (χ1v) is 8.78. The molecule has 7 nitrogen and oxygen atoms in total. The molecule has 1 aliphatic rings. The van der Waals surface area contributed by atoms with Crippen molar-refractivity contribution in [1.82, 2.24) is 15.2 Å². The number of nitrogens with zero attached hydrogens (tertiary/aromatic N) is 4. The normalized spacial score (nSPS) is 17.8. The second-order valence-electron chi connectivity index (χ2n) is 6.49. The van der Waals surface area contributed by atoms with Gasteiger partial charge in [0.05, 0.1) is 19.8 Å². The fourth-order valence-corrected chi connectivity index (χ4v) is 2.88. The molecule has 0 spiro atoms. The van der Waals surface area contributed by atoms with Gasteiger partial charge in [0, 0.05) is 60.0 Å². The van der Waals surface area contributed by atoms with Gasteiger partial charge in [0.2, 0.25) is 0 Å². The monoisotopic (exact) mass is 349 g/mol. The van der Waals surface area contributed by atoms with E-state index in [-0.39, 0.29) is 0 Å². The van der Waals surface area contributed by atoms with Gasteiger partial charge in [-0.15, -0.1) is 0 Å². The molecule has 2 heterocycles. The number of aliphatic imine (C=N–C) groups is 1. The lowest BCUT2D eigenvalue weighted by Gasteiger charge is -2.22. The molecule has 1 aromatic rings. The molecule has 1 saturated heterocycles. The average Bonchev–Trinajstić information content (AvgIpc) is 3.08. The van der Waals surface area contributed by atoms with E-state index in [4.69, 9.17) is 9.47 Å². The first-order valence-electron chi connectivity index (χ1n) is 8.78. The van der Waals surface area contributed by atoms with Crippen molar-refractivity contribution in [1.29, 1.82) is 0 Å². The molecular weight excluding hydrogens is 318 g/mol. The molecule has 1 unspecified atom stereocenters. The SMILES string of the molecule is CN=C(NCc1ccnc(N(C)C)c1)N1CCC(COCCOC)C1. The quantitative estimate of drug-likeness (QED) is 0.432. The van der Waals surface area contributed by atoms with E-state index in [9.17, 15) is 0 Å². The zero-order valence-electron chi connectivity index (χ0n) is 15.9. The Morgan fingerprint density at radius 2 is 2.28 bits per heavy atom. The standard InChI is InChI=1S/C18H31N5O2/c1-19-18(21-12-15-5-7-20-17(11-15)22(2)3)23-8-6-16(13-23)14-25-10-9-24-4/h5,7,11,16H,6,8-10,12-14H2,1-4H3,(H,19,21). The Kier molecular flexibility index (Phi) is 7.94. The summed E-state index contributed by atoms with van der Waals surface area (Å²) >= 11 is 0. The van der Waals surface area contributed by atoms with Crippen molar-refractivity contribution >= 4 is 11.8 Å². The number of rotatable bonds is 8. The summed E-state index contributed by atoms with van der Waals surface area (Å²) in [5.74, 6) is 2.46. The predicted octanol–water partition coefficient (Wildman–Crippen LogP) is 1.21. The lowest BCUT2D eigenvalue weighted by atomic mass is 10.1. The summed E-state index contributed by atoms with van der Waals surface area (Å²) in [6.45, 7) is 4.83. The van der Waals surface area contributed by atoms with Gasteiger partial charge < -0.3 is 24.6 Å². The van der Waals surface area contributed by atoms with E-state index in [1.807, 2.05) is 38.3 Å². The van der Waals surface area contributed by atoms with Crippen LogP contribution in [0.3, 0.4) is 0 Å². The van der Waals surface area contributed by atoms with Gasteiger partial charge >= 0.3 is 0 Å². The number of hydrogen-bond acceptors (Lipinski definition) is 5. The largest absolute Gasteiger partial charge is 0.382 e. The Labute approximate surface area is 151 Å². The van der Waals surface area contributed by atoms with Crippen LogP contribution in [-0.2, 0) is 16.0 Å². The van der Waals surface area contributed by atoms with Gasteiger partial charge in [0.25, 0.3) is 0 Å². The number of hydrogen-bond donors (Lipinski definition) is 1. The number of likely N-dealkylation sites (tertiary alicyclic amines) is 1. The third-order valence-corrected chi connectivity index (χ3v) is 4.30. The number of pyridine rings is 1. The number of nitrogens with one attached hydrogen (secondary N) is 1. The summed E-state index contributed by atoms with van der Waals surface area (Å²) in [6.07, 6.45) is 2.98. The average molecular weight is 349 g/mol. The van der Waals surface area contributed by atoms with Crippen molar-refractivity contribution in [3.05, 3.63) is 23.9 Å². The molecule has 1 aliphatic heterocycles. The molecule has 1 atom stereocenters. The van der Waals surface area contributed by atoms with Crippen LogP contribution in [0.1, 0.15) is 12.0 Å². The maximum atomic E-state index is 5.66. The third kappa shape index (κ3) is 6.17. The first-order chi connectivity index (χ1) is 12.1. The fourth-order valence-electron chi connectivity index (χ4n) is 2.88. The van der Waals surface area contributed by atoms with E-state index in [0.29, 0.717) is 19.1 Å². The topological polar surface area (TPSA) is 62.2 Å². The molecule has 1 N–H and O–H groups in total. The molecule has 25 heavy (non-hydrogen) atoms. The van der Waals surface area contributed by atoms with Gasteiger partial charge in [-0.05, 0) is 24.1 Å². The van der Waals surface area contributed by atoms with Crippen LogP contribution in [0.2, 0.25) is 0 Å². The van der Waals surface area contributed by atoms with Crippen molar-refractivity contribution in [3.8, 4) is 0 Å². The summed E-state index contributed by atoms with van der Waals surface area (Å²) in [5.41, 5.74) is 1.19. The van der Waals surface area contributed by atoms with E-state index >= 15 is 0 Å². The number of aromatic nitrogens is 1. The van der Waals surface area contributed by atoms with Crippen LogP contribution >= 0.6 is 0 Å². The van der Waals surface area contributed by atoms with Gasteiger partial charge in [-0.25, -0.2) is 4.98 Å². The Bertz CT molecular complexity index is 550. The van der Waals surface area contributed by atoms with Crippen LogP contribution in [0.5, 0.6) is 0 Å². The lowest BCUT2D eigenvalue weighted by molar-refractivity contribution is 0.0536. The molecule has 2 rings (SSSR count). The highest BCUT2D eigenvalue weighted by Crippen LogP contribution is 2.17. The summed E-state index contributed by atoms with van der Waals surface area (Å²) in [4.78, 5) is 13.1. The van der Waals surface area contributed by atoms with Gasteiger partial charge in [-0.2, -0.15) is 0 Å². The summed E-state index contributed by atoms with van der Waals surface area (Å²) in [7, 11) is 7.53. The zero-order chi connectivity index (χ0) is 18.1. The molecule has 0 aromatic carbocycles. The lowest BCUT2D eigenvalue weighted by Crippen LogP contribution is -2.39. The van der Waals surface area contributed by atoms with Crippen LogP contribution < -0.4 is 10.2 Å². The second kappa shape index (κ2) is 10.2. The molecule has 140 valence electrons. The minimum Gasteiger partial charge on any atom is -0.382 e. The molecule has 0 amide bonds. The van der Waals surface area contributed by atoms with E-state index in [1.165, 1.54) is 5.56 Å². The minimum atomic E-state index is 0.552. The highest BCUT2D eigenvalue weighted by molar-refractivity contribution is 5.80. The van der Waals surface area contributed by atoms with Crippen molar-refractivity contribution < 1.29 is 9.47 Å². The van der Waals surface area contributed by atoms with Crippen LogP contribution in [0, 0.1) is 5.92 Å². The van der Waals surface area contributed by atoms with E-state index in [0.717, 1.165) is 44.4 Å². The molecule has 1 aromatic heterocycles. The Balaban J connectivity index is 1.80. The van der Waals surface area contributed by atoms with Gasteiger partial charge in [0.1, 0.15) is 5.82 Å². The first kappa shape index (κ1) is 19.5. The number of anilines is 1. The molecule has 7 heteroatoms. The molecule has 0 aliphatic carbocycles. The second-order valence-corrected chi connectivity index (χ2v) is 6.49. The van der Waals surface area contributed by atoms with Gasteiger partial charge in [-0.3, -0.25) is 4.99 Å². The maximum absolute atomic E-state index is 5.66. The zero-order valence-corrected chi connectivity index (χ0v) is 15.9. The van der Waals surface area contributed by atoms with Gasteiger partial charge in [-0.1, -0.05) is 0 Å². The van der Waals surface area contributed by atoms with Crippen LogP contribution in [0.25, 0.3) is 0 Å².